The van der Waals surface area contributed by atoms with Gasteiger partial charge >= 0.3 is 0 Å². The van der Waals surface area contributed by atoms with Crippen LogP contribution in [0.3, 0.4) is 0 Å². The van der Waals surface area contributed by atoms with Crippen LogP contribution in [0.2, 0.25) is 0 Å². The van der Waals surface area contributed by atoms with Crippen LogP contribution < -0.4 is 9.47 Å². The van der Waals surface area contributed by atoms with Crippen molar-refractivity contribution in [1.29, 1.82) is 0 Å². The molecule has 3 aromatic rings. The molecule has 2 aromatic carbocycles. The van der Waals surface area contributed by atoms with Gasteiger partial charge in [0.25, 0.3) is 0 Å². The predicted octanol–water partition coefficient (Wildman–Crippen LogP) is 4.71. The highest BCUT2D eigenvalue weighted by Crippen LogP contribution is 2.33. The fourth-order valence-corrected chi connectivity index (χ4v) is 2.46. The van der Waals surface area contributed by atoms with E-state index < -0.39 is 0 Å². The third kappa shape index (κ3) is 3.21. The topological polar surface area (TPSA) is 47.1 Å². The number of aromatic amines is 1. The van der Waals surface area contributed by atoms with Crippen molar-refractivity contribution in [2.24, 2.45) is 0 Å². The van der Waals surface area contributed by atoms with Crippen molar-refractivity contribution >= 4 is 0 Å². The number of methoxy groups -OCH3 is 2. The summed E-state index contributed by atoms with van der Waals surface area (Å²) in [5, 5.41) is 0. The molecule has 0 saturated heterocycles. The van der Waals surface area contributed by atoms with E-state index in [0.717, 1.165) is 39.8 Å². The Hall–Kier alpha value is -2.75. The largest absolute Gasteiger partial charge is 0.497 e. The lowest BCUT2D eigenvalue weighted by Gasteiger charge is -2.08. The second-order valence-corrected chi connectivity index (χ2v) is 4.99. The van der Waals surface area contributed by atoms with Crippen molar-refractivity contribution in [1.82, 2.24) is 9.97 Å². The number of imidazole rings is 1. The summed E-state index contributed by atoms with van der Waals surface area (Å²) in [6.07, 6.45) is 0. The fourth-order valence-electron chi connectivity index (χ4n) is 2.46. The SMILES string of the molecule is C.COc1ccc(-c2nc(-c3ccccc3)c(C)[nH]2)c(OC)c1. The van der Waals surface area contributed by atoms with Gasteiger partial charge in [-0.05, 0) is 19.1 Å². The summed E-state index contributed by atoms with van der Waals surface area (Å²) in [7, 11) is 3.28. The van der Waals surface area contributed by atoms with Gasteiger partial charge in [-0.1, -0.05) is 37.8 Å². The lowest BCUT2D eigenvalue weighted by Crippen LogP contribution is -1.91. The zero-order chi connectivity index (χ0) is 15.5. The molecule has 0 bridgehead atoms. The van der Waals surface area contributed by atoms with E-state index in [9.17, 15) is 0 Å². The van der Waals surface area contributed by atoms with Crippen LogP contribution in [0.15, 0.2) is 48.5 Å². The van der Waals surface area contributed by atoms with Crippen LogP contribution in [0.4, 0.5) is 0 Å². The number of H-pyrrole nitrogens is 1. The molecule has 0 amide bonds. The molecule has 0 radical (unpaired) electrons. The number of benzene rings is 2. The average molecular weight is 310 g/mol. The first-order valence-corrected chi connectivity index (χ1v) is 7.07. The highest BCUT2D eigenvalue weighted by molar-refractivity contribution is 5.71. The highest BCUT2D eigenvalue weighted by Gasteiger charge is 2.14. The number of aryl methyl sites for hydroxylation is 1. The maximum Gasteiger partial charge on any atom is 0.142 e. The van der Waals surface area contributed by atoms with Crippen molar-refractivity contribution < 1.29 is 9.47 Å². The van der Waals surface area contributed by atoms with Gasteiger partial charge < -0.3 is 14.5 Å². The first-order valence-electron chi connectivity index (χ1n) is 7.07. The molecule has 0 fully saturated rings. The number of rotatable bonds is 4. The Morgan fingerprint density at radius 1 is 0.957 bits per heavy atom. The molecule has 1 aromatic heterocycles. The number of nitrogens with one attached hydrogen (secondary N) is 1. The molecule has 0 atom stereocenters. The van der Waals surface area contributed by atoms with Crippen molar-refractivity contribution in [3.63, 3.8) is 0 Å². The third-order valence-corrected chi connectivity index (χ3v) is 3.60. The van der Waals surface area contributed by atoms with E-state index in [-0.39, 0.29) is 7.43 Å². The van der Waals surface area contributed by atoms with Crippen molar-refractivity contribution in [2.75, 3.05) is 14.2 Å². The van der Waals surface area contributed by atoms with Crippen molar-refractivity contribution in [3.05, 3.63) is 54.2 Å². The molecule has 3 rings (SSSR count). The Morgan fingerprint density at radius 3 is 2.35 bits per heavy atom. The summed E-state index contributed by atoms with van der Waals surface area (Å²) < 4.78 is 10.7. The maximum absolute atomic E-state index is 5.46. The molecule has 0 saturated carbocycles. The van der Waals surface area contributed by atoms with Gasteiger partial charge in [0.2, 0.25) is 0 Å². The molecule has 4 nitrogen and oxygen atoms in total. The monoisotopic (exact) mass is 310 g/mol. The Labute approximate surface area is 137 Å². The third-order valence-electron chi connectivity index (χ3n) is 3.60. The smallest absolute Gasteiger partial charge is 0.142 e. The quantitative estimate of drug-likeness (QED) is 0.759. The van der Waals surface area contributed by atoms with Gasteiger partial charge in [-0.2, -0.15) is 0 Å². The van der Waals surface area contributed by atoms with Gasteiger partial charge in [0.15, 0.2) is 0 Å². The van der Waals surface area contributed by atoms with Crippen LogP contribution in [-0.4, -0.2) is 24.2 Å². The fraction of sp³-hybridized carbons (Fsp3) is 0.211. The maximum atomic E-state index is 5.46. The van der Waals surface area contributed by atoms with Crippen LogP contribution in [0, 0.1) is 6.92 Å². The standard InChI is InChI=1S/C18H18N2O2.CH4/c1-12-17(13-7-5-4-6-8-13)20-18(19-12)15-10-9-14(21-2)11-16(15)22-3;/h4-11H,1-3H3,(H,19,20);1H4. The molecular formula is C19H22N2O2. The number of aromatic nitrogens is 2. The van der Waals surface area contributed by atoms with Gasteiger partial charge in [0, 0.05) is 17.3 Å². The molecule has 0 aliphatic rings. The normalized spacial score (nSPS) is 10.0. The molecule has 120 valence electrons. The van der Waals surface area contributed by atoms with E-state index in [1.54, 1.807) is 14.2 Å². The summed E-state index contributed by atoms with van der Waals surface area (Å²) >= 11 is 0. The van der Waals surface area contributed by atoms with Gasteiger partial charge in [-0.15, -0.1) is 0 Å². The second kappa shape index (κ2) is 7.01. The van der Waals surface area contributed by atoms with Crippen molar-refractivity contribution in [3.8, 4) is 34.1 Å². The molecule has 1 heterocycles. The number of ether oxygens (including phenoxy) is 2. The van der Waals surface area contributed by atoms with E-state index in [0.29, 0.717) is 0 Å². The van der Waals surface area contributed by atoms with Gasteiger partial charge in [0.05, 0.1) is 25.5 Å². The summed E-state index contributed by atoms with van der Waals surface area (Å²) in [6.45, 7) is 2.02. The predicted molar refractivity (Wildman–Crippen MR) is 94.0 cm³/mol. The Bertz CT molecular complexity index is 779. The lowest BCUT2D eigenvalue weighted by atomic mass is 10.1. The Balaban J connectivity index is 0.00000192. The van der Waals surface area contributed by atoms with Crippen LogP contribution in [-0.2, 0) is 0 Å². The number of hydrogen-bond donors (Lipinski definition) is 1. The summed E-state index contributed by atoms with van der Waals surface area (Å²) in [6, 6.07) is 15.8. The molecule has 0 aliphatic carbocycles. The van der Waals surface area contributed by atoms with E-state index in [1.165, 1.54) is 0 Å². The summed E-state index contributed by atoms with van der Waals surface area (Å²) in [5.74, 6) is 2.27. The first-order chi connectivity index (χ1) is 10.7. The minimum absolute atomic E-state index is 0. The van der Waals surface area contributed by atoms with Crippen LogP contribution in [0.1, 0.15) is 13.1 Å². The van der Waals surface area contributed by atoms with Gasteiger partial charge in [-0.25, -0.2) is 4.98 Å². The molecule has 4 heteroatoms. The second-order valence-electron chi connectivity index (χ2n) is 4.99. The van der Waals surface area contributed by atoms with Crippen LogP contribution in [0.25, 0.3) is 22.6 Å². The van der Waals surface area contributed by atoms with Crippen molar-refractivity contribution in [2.45, 2.75) is 14.4 Å². The van der Waals surface area contributed by atoms with E-state index in [2.05, 4.69) is 17.1 Å². The average Bonchev–Trinajstić information content (AvgIpc) is 2.96. The molecule has 0 unspecified atom stereocenters. The van der Waals surface area contributed by atoms with Crippen LogP contribution in [0.5, 0.6) is 11.5 Å². The van der Waals surface area contributed by atoms with Crippen LogP contribution >= 0.6 is 0 Å². The first kappa shape index (κ1) is 16.6. The minimum atomic E-state index is 0. The minimum Gasteiger partial charge on any atom is -0.497 e. The molecule has 0 aliphatic heterocycles. The molecule has 1 N–H and O–H groups in total. The zero-order valence-corrected chi connectivity index (χ0v) is 12.9. The summed E-state index contributed by atoms with van der Waals surface area (Å²) in [4.78, 5) is 8.08. The lowest BCUT2D eigenvalue weighted by molar-refractivity contribution is 0.395. The Kier molecular flexibility index (Phi) is 5.06. The van der Waals surface area contributed by atoms with Gasteiger partial charge in [0.1, 0.15) is 17.3 Å². The van der Waals surface area contributed by atoms with E-state index in [4.69, 9.17) is 14.5 Å². The molecule has 0 spiro atoms. The number of nitrogens with zero attached hydrogens (tertiary/aromatic N) is 1. The number of hydrogen-bond acceptors (Lipinski definition) is 3. The molecular weight excluding hydrogens is 288 g/mol. The summed E-state index contributed by atoms with van der Waals surface area (Å²) in [5.41, 5.74) is 3.98. The van der Waals surface area contributed by atoms with E-state index >= 15 is 0 Å². The highest BCUT2D eigenvalue weighted by atomic mass is 16.5. The zero-order valence-electron chi connectivity index (χ0n) is 12.9. The van der Waals surface area contributed by atoms with E-state index in [1.807, 2.05) is 43.3 Å². The Morgan fingerprint density at radius 2 is 1.70 bits per heavy atom. The van der Waals surface area contributed by atoms with Gasteiger partial charge in [-0.3, -0.25) is 0 Å². The molecule has 23 heavy (non-hydrogen) atoms.